The summed E-state index contributed by atoms with van der Waals surface area (Å²) in [5.41, 5.74) is 1.59. The molecule has 0 aliphatic carbocycles. The van der Waals surface area contributed by atoms with E-state index in [1.807, 2.05) is 27.7 Å². The molecule has 1 heterocycles. The van der Waals surface area contributed by atoms with Gasteiger partial charge in [0.15, 0.2) is 0 Å². The fraction of sp³-hybridized carbons (Fsp3) is 0.267. The lowest BCUT2D eigenvalue weighted by Gasteiger charge is -2.26. The van der Waals surface area contributed by atoms with E-state index in [-0.39, 0.29) is 23.5 Å². The Balaban J connectivity index is 1.81. The minimum absolute atomic E-state index is 0.00262. The zero-order valence-corrected chi connectivity index (χ0v) is 21.6. The van der Waals surface area contributed by atoms with Gasteiger partial charge in [-0.2, -0.15) is 0 Å². The average molecular weight is 502 g/mol. The predicted molar refractivity (Wildman–Crippen MR) is 142 cm³/mol. The number of nitrogens with zero attached hydrogens (tertiary/aromatic N) is 1. The molecule has 0 aromatic heterocycles. The van der Waals surface area contributed by atoms with Gasteiger partial charge in [-0.1, -0.05) is 12.1 Å². The molecule has 1 aliphatic rings. The van der Waals surface area contributed by atoms with Crippen molar-refractivity contribution in [3.05, 3.63) is 89.5 Å². The van der Waals surface area contributed by atoms with Gasteiger partial charge in [-0.15, -0.1) is 0 Å². The van der Waals surface area contributed by atoms with Crippen LogP contribution in [0.2, 0.25) is 0 Å². The molecule has 4 rings (SSSR count). The SMILES string of the molecule is COc1ccc(C2/C(=C(\O)c3ccc(OC(C)C)cc3)C(=O)C(=O)N2c2ccc(OC(C)C)cc2)cc1. The van der Waals surface area contributed by atoms with Crippen molar-refractivity contribution in [3.63, 3.8) is 0 Å². The first-order valence-corrected chi connectivity index (χ1v) is 12.2. The van der Waals surface area contributed by atoms with Gasteiger partial charge in [-0.05, 0) is 93.9 Å². The lowest BCUT2D eigenvalue weighted by molar-refractivity contribution is -0.132. The highest BCUT2D eigenvalue weighted by atomic mass is 16.5. The van der Waals surface area contributed by atoms with Crippen molar-refractivity contribution < 1.29 is 28.9 Å². The second-order valence-corrected chi connectivity index (χ2v) is 9.29. The van der Waals surface area contributed by atoms with Crippen LogP contribution in [0.3, 0.4) is 0 Å². The molecule has 37 heavy (non-hydrogen) atoms. The Labute approximate surface area is 216 Å². The van der Waals surface area contributed by atoms with Gasteiger partial charge in [0.25, 0.3) is 11.7 Å². The Hall–Kier alpha value is -4.26. The molecule has 192 valence electrons. The molecule has 0 spiro atoms. The molecular formula is C30H31NO6. The minimum Gasteiger partial charge on any atom is -0.507 e. The number of carbonyl (C=O) groups is 2. The number of amides is 1. The van der Waals surface area contributed by atoms with E-state index < -0.39 is 17.7 Å². The molecule has 3 aromatic carbocycles. The number of aliphatic hydroxyl groups excluding tert-OH is 1. The monoisotopic (exact) mass is 501 g/mol. The number of Topliss-reactive ketones (excluding diaryl/α,β-unsaturated/α-hetero) is 1. The van der Waals surface area contributed by atoms with Crippen LogP contribution in [-0.2, 0) is 9.59 Å². The van der Waals surface area contributed by atoms with E-state index in [0.717, 1.165) is 0 Å². The van der Waals surface area contributed by atoms with E-state index in [4.69, 9.17) is 14.2 Å². The fourth-order valence-electron chi connectivity index (χ4n) is 4.28. The number of hydrogen-bond donors (Lipinski definition) is 1. The topological polar surface area (TPSA) is 85.3 Å². The van der Waals surface area contributed by atoms with E-state index in [1.165, 1.54) is 4.90 Å². The standard InChI is InChI=1S/C30H31NO6/c1-18(2)36-24-14-8-21(9-15-24)28(32)26-27(20-6-12-23(35-5)13-7-20)31(30(34)29(26)33)22-10-16-25(17-11-22)37-19(3)4/h6-19,27,32H,1-5H3/b28-26+. The van der Waals surface area contributed by atoms with Crippen molar-refractivity contribution in [3.8, 4) is 17.2 Å². The molecule has 1 atom stereocenters. The Morgan fingerprint density at radius 1 is 0.757 bits per heavy atom. The van der Waals surface area contributed by atoms with E-state index in [9.17, 15) is 14.7 Å². The molecule has 0 radical (unpaired) electrons. The fourth-order valence-corrected chi connectivity index (χ4v) is 4.28. The van der Waals surface area contributed by atoms with Gasteiger partial charge in [0.05, 0.1) is 30.9 Å². The summed E-state index contributed by atoms with van der Waals surface area (Å²) >= 11 is 0. The molecule has 1 amide bonds. The third-order valence-corrected chi connectivity index (χ3v) is 5.86. The number of methoxy groups -OCH3 is 1. The quantitative estimate of drug-likeness (QED) is 0.235. The normalized spacial score (nSPS) is 16.9. The Morgan fingerprint density at radius 3 is 1.73 bits per heavy atom. The van der Waals surface area contributed by atoms with Crippen LogP contribution in [0, 0.1) is 0 Å². The van der Waals surface area contributed by atoms with Crippen molar-refractivity contribution in [2.75, 3.05) is 12.0 Å². The summed E-state index contributed by atoms with van der Waals surface area (Å²) < 4.78 is 16.7. The lowest BCUT2D eigenvalue weighted by atomic mass is 9.95. The third kappa shape index (κ3) is 5.45. The first-order valence-electron chi connectivity index (χ1n) is 12.2. The molecule has 1 fully saturated rings. The maximum absolute atomic E-state index is 13.4. The van der Waals surface area contributed by atoms with E-state index in [1.54, 1.807) is 79.9 Å². The second kappa shape index (κ2) is 10.8. The molecule has 7 nitrogen and oxygen atoms in total. The number of rotatable bonds is 8. The third-order valence-electron chi connectivity index (χ3n) is 5.86. The van der Waals surface area contributed by atoms with Crippen molar-refractivity contribution >= 4 is 23.1 Å². The van der Waals surface area contributed by atoms with E-state index in [0.29, 0.717) is 34.1 Å². The summed E-state index contributed by atoms with van der Waals surface area (Å²) in [6.45, 7) is 7.70. The molecule has 0 bridgehead atoms. The number of benzene rings is 3. The zero-order chi connectivity index (χ0) is 26.7. The van der Waals surface area contributed by atoms with Gasteiger partial charge >= 0.3 is 0 Å². The van der Waals surface area contributed by atoms with Gasteiger partial charge in [-0.3, -0.25) is 14.5 Å². The van der Waals surface area contributed by atoms with Crippen LogP contribution in [0.15, 0.2) is 78.4 Å². The Morgan fingerprint density at radius 2 is 1.24 bits per heavy atom. The summed E-state index contributed by atoms with van der Waals surface area (Å²) in [5, 5.41) is 11.3. The number of ether oxygens (including phenoxy) is 3. The number of aliphatic hydroxyl groups is 1. The van der Waals surface area contributed by atoms with E-state index in [2.05, 4.69) is 0 Å². The van der Waals surface area contributed by atoms with Crippen molar-refractivity contribution in [2.24, 2.45) is 0 Å². The first-order chi connectivity index (χ1) is 17.7. The first kappa shape index (κ1) is 25.8. The van der Waals surface area contributed by atoms with Crippen LogP contribution in [-0.4, -0.2) is 36.1 Å². The minimum atomic E-state index is -0.839. The number of carbonyl (C=O) groups excluding carboxylic acids is 2. The maximum atomic E-state index is 13.4. The maximum Gasteiger partial charge on any atom is 0.300 e. The summed E-state index contributed by atoms with van der Waals surface area (Å²) in [5.74, 6) is 0.194. The van der Waals surface area contributed by atoms with Gasteiger partial charge in [0.2, 0.25) is 0 Å². The highest BCUT2D eigenvalue weighted by Gasteiger charge is 2.47. The highest BCUT2D eigenvalue weighted by molar-refractivity contribution is 6.51. The lowest BCUT2D eigenvalue weighted by Crippen LogP contribution is -2.29. The molecule has 0 saturated carbocycles. The van der Waals surface area contributed by atoms with Gasteiger partial charge in [0.1, 0.15) is 23.0 Å². The smallest absolute Gasteiger partial charge is 0.300 e. The zero-order valence-electron chi connectivity index (χ0n) is 21.6. The van der Waals surface area contributed by atoms with Crippen LogP contribution < -0.4 is 19.1 Å². The number of anilines is 1. The highest BCUT2D eigenvalue weighted by Crippen LogP contribution is 2.43. The Kier molecular flexibility index (Phi) is 7.53. The summed E-state index contributed by atoms with van der Waals surface area (Å²) in [6.07, 6.45) is -0.00567. The van der Waals surface area contributed by atoms with Gasteiger partial charge in [0, 0.05) is 11.3 Å². The predicted octanol–water partition coefficient (Wildman–Crippen LogP) is 5.90. The number of hydrogen-bond acceptors (Lipinski definition) is 6. The second-order valence-electron chi connectivity index (χ2n) is 9.29. The van der Waals surface area contributed by atoms with Crippen LogP contribution in [0.1, 0.15) is 44.9 Å². The van der Waals surface area contributed by atoms with Crippen LogP contribution in [0.4, 0.5) is 5.69 Å². The van der Waals surface area contributed by atoms with Crippen LogP contribution >= 0.6 is 0 Å². The van der Waals surface area contributed by atoms with Gasteiger partial charge < -0.3 is 19.3 Å². The molecule has 1 N–H and O–H groups in total. The summed E-state index contributed by atoms with van der Waals surface area (Å²) in [6, 6.07) is 20.0. The van der Waals surface area contributed by atoms with Gasteiger partial charge in [-0.25, -0.2) is 0 Å². The van der Waals surface area contributed by atoms with E-state index >= 15 is 0 Å². The molecule has 1 unspecified atom stereocenters. The largest absolute Gasteiger partial charge is 0.507 e. The molecular weight excluding hydrogens is 470 g/mol. The molecule has 7 heteroatoms. The molecule has 1 saturated heterocycles. The molecule has 1 aliphatic heterocycles. The number of ketones is 1. The Bertz CT molecular complexity index is 1290. The van der Waals surface area contributed by atoms with Crippen LogP contribution in [0.5, 0.6) is 17.2 Å². The van der Waals surface area contributed by atoms with Crippen LogP contribution in [0.25, 0.3) is 5.76 Å². The van der Waals surface area contributed by atoms with Crippen molar-refractivity contribution in [2.45, 2.75) is 45.9 Å². The molecule has 3 aromatic rings. The van der Waals surface area contributed by atoms with Crippen molar-refractivity contribution in [1.82, 2.24) is 0 Å². The summed E-state index contributed by atoms with van der Waals surface area (Å²) in [4.78, 5) is 28.1. The average Bonchev–Trinajstić information content (AvgIpc) is 3.14. The van der Waals surface area contributed by atoms with Crippen molar-refractivity contribution in [1.29, 1.82) is 0 Å². The summed E-state index contributed by atoms with van der Waals surface area (Å²) in [7, 11) is 1.56.